The Morgan fingerprint density at radius 1 is 1.25 bits per heavy atom. The summed E-state index contributed by atoms with van der Waals surface area (Å²) in [6.45, 7) is 0. The number of carboxylic acid groups (broad SMARTS) is 1. The lowest BCUT2D eigenvalue weighted by Gasteiger charge is -2.02. The molecule has 0 unspecified atom stereocenters. The molecule has 2 rings (SSSR count). The van der Waals surface area contributed by atoms with Crippen LogP contribution in [0.15, 0.2) is 36.7 Å². The fraction of sp³-hybridized carbons (Fsp3) is 0.231. The zero-order valence-electron chi connectivity index (χ0n) is 8.89. The Bertz CT molecular complexity index is 508. The number of nitrogens with zero attached hydrogens (tertiary/aromatic N) is 1. The topological polar surface area (TPSA) is 50.2 Å². The van der Waals surface area contributed by atoms with Gasteiger partial charge in [-0.05, 0) is 29.9 Å². The maximum absolute atomic E-state index is 10.4. The monoisotopic (exact) mass is 215 g/mol. The van der Waals surface area contributed by atoms with E-state index in [2.05, 4.69) is 11.1 Å². The van der Waals surface area contributed by atoms with Crippen molar-refractivity contribution in [3.8, 4) is 0 Å². The van der Waals surface area contributed by atoms with Gasteiger partial charge in [-0.2, -0.15) is 0 Å². The molecule has 16 heavy (non-hydrogen) atoms. The second kappa shape index (κ2) is 4.75. The quantitative estimate of drug-likeness (QED) is 0.852. The van der Waals surface area contributed by atoms with E-state index in [-0.39, 0.29) is 6.42 Å². The summed E-state index contributed by atoms with van der Waals surface area (Å²) >= 11 is 0. The molecular weight excluding hydrogens is 202 g/mol. The largest absolute Gasteiger partial charge is 0.481 e. The molecule has 0 spiro atoms. The van der Waals surface area contributed by atoms with Crippen molar-refractivity contribution in [1.29, 1.82) is 0 Å². The molecule has 0 aliphatic carbocycles. The minimum atomic E-state index is -0.731. The van der Waals surface area contributed by atoms with Gasteiger partial charge in [0.15, 0.2) is 0 Å². The lowest BCUT2D eigenvalue weighted by molar-refractivity contribution is -0.137. The Morgan fingerprint density at radius 2 is 2.12 bits per heavy atom. The number of carboxylic acids is 1. The lowest BCUT2D eigenvalue weighted by Crippen LogP contribution is -1.95. The van der Waals surface area contributed by atoms with Gasteiger partial charge in [-0.1, -0.05) is 18.2 Å². The number of pyridine rings is 1. The van der Waals surface area contributed by atoms with Gasteiger partial charge < -0.3 is 5.11 Å². The van der Waals surface area contributed by atoms with E-state index in [9.17, 15) is 4.79 Å². The summed E-state index contributed by atoms with van der Waals surface area (Å²) in [6.07, 6.45) is 5.32. The summed E-state index contributed by atoms with van der Waals surface area (Å²) in [4.78, 5) is 14.4. The highest BCUT2D eigenvalue weighted by Gasteiger charge is 1.99. The average Bonchev–Trinajstić information content (AvgIpc) is 2.28. The molecule has 1 heterocycles. The van der Waals surface area contributed by atoms with Crippen LogP contribution in [-0.2, 0) is 11.2 Å². The number of hydrogen-bond donors (Lipinski definition) is 1. The summed E-state index contributed by atoms with van der Waals surface area (Å²) in [7, 11) is 0. The molecule has 0 bridgehead atoms. The molecule has 0 saturated carbocycles. The third-order valence-electron chi connectivity index (χ3n) is 2.56. The van der Waals surface area contributed by atoms with Crippen LogP contribution in [0.4, 0.5) is 0 Å². The second-order valence-electron chi connectivity index (χ2n) is 3.80. The maximum atomic E-state index is 10.4. The van der Waals surface area contributed by atoms with Crippen LogP contribution in [0.25, 0.3) is 10.8 Å². The second-order valence-corrected chi connectivity index (χ2v) is 3.80. The minimum Gasteiger partial charge on any atom is -0.481 e. The lowest BCUT2D eigenvalue weighted by atomic mass is 10.0. The van der Waals surface area contributed by atoms with Gasteiger partial charge in [-0.15, -0.1) is 0 Å². The first kappa shape index (κ1) is 10.6. The molecule has 1 aromatic heterocycles. The number of aromatic nitrogens is 1. The van der Waals surface area contributed by atoms with Crippen LogP contribution in [-0.4, -0.2) is 16.1 Å². The van der Waals surface area contributed by atoms with Crippen molar-refractivity contribution in [1.82, 2.24) is 4.98 Å². The zero-order chi connectivity index (χ0) is 11.4. The zero-order valence-corrected chi connectivity index (χ0v) is 8.89. The third kappa shape index (κ3) is 2.57. The first-order chi connectivity index (χ1) is 7.75. The van der Waals surface area contributed by atoms with E-state index >= 15 is 0 Å². The Labute approximate surface area is 93.7 Å². The van der Waals surface area contributed by atoms with Gasteiger partial charge in [0.2, 0.25) is 0 Å². The Hall–Kier alpha value is -1.90. The average molecular weight is 215 g/mol. The molecule has 0 amide bonds. The molecule has 82 valence electrons. The van der Waals surface area contributed by atoms with Crippen molar-refractivity contribution < 1.29 is 9.90 Å². The van der Waals surface area contributed by atoms with E-state index in [0.717, 1.165) is 17.2 Å². The van der Waals surface area contributed by atoms with Crippen LogP contribution in [0.2, 0.25) is 0 Å². The van der Waals surface area contributed by atoms with Crippen LogP contribution >= 0.6 is 0 Å². The fourth-order valence-corrected chi connectivity index (χ4v) is 1.73. The van der Waals surface area contributed by atoms with Crippen molar-refractivity contribution >= 4 is 16.7 Å². The fourth-order valence-electron chi connectivity index (χ4n) is 1.73. The van der Waals surface area contributed by atoms with Gasteiger partial charge in [-0.25, -0.2) is 0 Å². The van der Waals surface area contributed by atoms with E-state index in [1.807, 2.05) is 24.4 Å². The Balaban J connectivity index is 2.10. The molecule has 0 atom stereocenters. The van der Waals surface area contributed by atoms with Crippen molar-refractivity contribution in [3.05, 3.63) is 42.2 Å². The molecule has 0 aliphatic rings. The number of aryl methyl sites for hydroxylation is 1. The SMILES string of the molecule is O=C(O)CCCc1ccc2cnccc2c1. The molecule has 0 saturated heterocycles. The van der Waals surface area contributed by atoms with Crippen LogP contribution in [0.3, 0.4) is 0 Å². The molecule has 3 nitrogen and oxygen atoms in total. The highest BCUT2D eigenvalue weighted by atomic mass is 16.4. The molecule has 0 radical (unpaired) electrons. The number of hydrogen-bond acceptors (Lipinski definition) is 2. The number of carbonyl (C=O) groups is 1. The molecule has 0 fully saturated rings. The molecule has 1 N–H and O–H groups in total. The highest BCUT2D eigenvalue weighted by Crippen LogP contribution is 2.15. The number of rotatable bonds is 4. The van der Waals surface area contributed by atoms with Crippen LogP contribution < -0.4 is 0 Å². The van der Waals surface area contributed by atoms with E-state index in [4.69, 9.17) is 5.11 Å². The van der Waals surface area contributed by atoms with Crippen LogP contribution in [0.1, 0.15) is 18.4 Å². The number of fused-ring (bicyclic) bond motifs is 1. The van der Waals surface area contributed by atoms with Gasteiger partial charge in [0, 0.05) is 24.2 Å². The first-order valence-electron chi connectivity index (χ1n) is 5.30. The van der Waals surface area contributed by atoms with Crippen LogP contribution in [0.5, 0.6) is 0 Å². The van der Waals surface area contributed by atoms with Gasteiger partial charge >= 0.3 is 5.97 Å². The summed E-state index contributed by atoms with van der Waals surface area (Å²) < 4.78 is 0. The minimum absolute atomic E-state index is 0.231. The standard InChI is InChI=1S/C13H13NO2/c15-13(16)3-1-2-10-4-5-12-9-14-7-6-11(12)8-10/h4-9H,1-3H2,(H,15,16). The summed E-state index contributed by atoms with van der Waals surface area (Å²) in [5.41, 5.74) is 1.18. The normalized spacial score (nSPS) is 10.5. The molecule has 0 aliphatic heterocycles. The molecule has 2 aromatic rings. The summed E-state index contributed by atoms with van der Waals surface area (Å²) in [5, 5.41) is 10.8. The highest BCUT2D eigenvalue weighted by molar-refractivity contribution is 5.82. The van der Waals surface area contributed by atoms with Crippen molar-refractivity contribution in [2.45, 2.75) is 19.3 Å². The number of benzene rings is 1. The van der Waals surface area contributed by atoms with Gasteiger partial charge in [0.25, 0.3) is 0 Å². The predicted molar refractivity (Wildman–Crippen MR) is 62.3 cm³/mol. The van der Waals surface area contributed by atoms with Gasteiger partial charge in [-0.3, -0.25) is 9.78 Å². The number of aliphatic carboxylic acids is 1. The van der Waals surface area contributed by atoms with Gasteiger partial charge in [0.1, 0.15) is 0 Å². The van der Waals surface area contributed by atoms with Gasteiger partial charge in [0.05, 0.1) is 0 Å². The smallest absolute Gasteiger partial charge is 0.303 e. The van der Waals surface area contributed by atoms with E-state index in [1.54, 1.807) is 6.20 Å². The van der Waals surface area contributed by atoms with Crippen molar-refractivity contribution in [2.24, 2.45) is 0 Å². The van der Waals surface area contributed by atoms with Crippen molar-refractivity contribution in [2.75, 3.05) is 0 Å². The van der Waals surface area contributed by atoms with Crippen molar-refractivity contribution in [3.63, 3.8) is 0 Å². The Kier molecular flexibility index (Phi) is 3.15. The Morgan fingerprint density at radius 3 is 2.94 bits per heavy atom. The van der Waals surface area contributed by atoms with E-state index in [0.29, 0.717) is 6.42 Å². The molecule has 3 heteroatoms. The summed E-state index contributed by atoms with van der Waals surface area (Å²) in [6, 6.07) is 8.12. The van der Waals surface area contributed by atoms with Crippen LogP contribution in [0, 0.1) is 0 Å². The maximum Gasteiger partial charge on any atom is 0.303 e. The third-order valence-corrected chi connectivity index (χ3v) is 2.56. The predicted octanol–water partition coefficient (Wildman–Crippen LogP) is 2.64. The first-order valence-corrected chi connectivity index (χ1v) is 5.30. The molecule has 1 aromatic carbocycles. The molecular formula is C13H13NO2. The van der Waals surface area contributed by atoms with E-state index < -0.39 is 5.97 Å². The van der Waals surface area contributed by atoms with E-state index in [1.165, 1.54) is 5.56 Å². The summed E-state index contributed by atoms with van der Waals surface area (Å²) in [5.74, 6) is -0.731.